The Bertz CT molecular complexity index is 959. The number of fused-ring (bicyclic) bond motifs is 1. The molecule has 5 nitrogen and oxygen atoms in total. The number of rotatable bonds is 5. The summed E-state index contributed by atoms with van der Waals surface area (Å²) in [6, 6.07) is 6.67. The molecular formula is C24H33N3O2S. The number of hydrogen-bond donors (Lipinski definition) is 2. The van der Waals surface area contributed by atoms with Gasteiger partial charge in [-0.05, 0) is 75.0 Å². The van der Waals surface area contributed by atoms with Crippen molar-refractivity contribution in [1.29, 1.82) is 0 Å². The molecule has 2 heterocycles. The molecule has 0 spiro atoms. The average molecular weight is 428 g/mol. The Kier molecular flexibility index (Phi) is 6.74. The first kappa shape index (κ1) is 21.3. The SMILES string of the molecule is Cc1cc(C)c2cc(CN(CC3CCCO3)C(=S)NC3CCCCC3)c(=O)[nH]c2c1. The monoisotopic (exact) mass is 427 g/mol. The van der Waals surface area contributed by atoms with Crippen molar-refractivity contribution in [3.8, 4) is 0 Å². The van der Waals surface area contributed by atoms with Gasteiger partial charge in [-0.3, -0.25) is 4.79 Å². The fourth-order valence-electron chi connectivity index (χ4n) is 4.81. The van der Waals surface area contributed by atoms with Crippen LogP contribution in [-0.2, 0) is 11.3 Å². The number of nitrogens with one attached hydrogen (secondary N) is 2. The van der Waals surface area contributed by atoms with Crippen molar-refractivity contribution in [2.45, 2.75) is 77.5 Å². The van der Waals surface area contributed by atoms with E-state index in [9.17, 15) is 4.79 Å². The van der Waals surface area contributed by atoms with Crippen LogP contribution < -0.4 is 10.9 Å². The van der Waals surface area contributed by atoms with Gasteiger partial charge >= 0.3 is 0 Å². The predicted molar refractivity (Wildman–Crippen MR) is 126 cm³/mol. The second-order valence-electron chi connectivity index (χ2n) is 8.97. The van der Waals surface area contributed by atoms with Crippen LogP contribution in [0.4, 0.5) is 0 Å². The van der Waals surface area contributed by atoms with Crippen molar-refractivity contribution in [3.63, 3.8) is 0 Å². The molecule has 2 aromatic rings. The van der Waals surface area contributed by atoms with Crippen molar-refractivity contribution in [2.24, 2.45) is 0 Å². The fraction of sp³-hybridized carbons (Fsp3) is 0.583. The van der Waals surface area contributed by atoms with Gasteiger partial charge in [-0.15, -0.1) is 0 Å². The van der Waals surface area contributed by atoms with Crippen LogP contribution in [-0.4, -0.2) is 40.3 Å². The van der Waals surface area contributed by atoms with E-state index in [4.69, 9.17) is 17.0 Å². The number of aromatic amines is 1. The molecule has 1 unspecified atom stereocenters. The van der Waals surface area contributed by atoms with Crippen LogP contribution >= 0.6 is 12.2 Å². The zero-order chi connectivity index (χ0) is 21.1. The smallest absolute Gasteiger partial charge is 0.253 e. The predicted octanol–water partition coefficient (Wildman–Crippen LogP) is 4.33. The van der Waals surface area contributed by atoms with Gasteiger partial charge < -0.3 is 19.9 Å². The Morgan fingerprint density at radius 3 is 2.70 bits per heavy atom. The van der Waals surface area contributed by atoms with Gasteiger partial charge in [-0.1, -0.05) is 25.3 Å². The Labute approximate surface area is 184 Å². The Morgan fingerprint density at radius 1 is 1.17 bits per heavy atom. The largest absolute Gasteiger partial charge is 0.376 e. The zero-order valence-corrected chi connectivity index (χ0v) is 18.9. The van der Waals surface area contributed by atoms with E-state index in [1.165, 1.54) is 37.7 Å². The highest BCUT2D eigenvalue weighted by Crippen LogP contribution is 2.21. The Balaban J connectivity index is 1.57. The Hall–Kier alpha value is -1.92. The molecule has 2 N–H and O–H groups in total. The van der Waals surface area contributed by atoms with Crippen LogP contribution in [0.2, 0.25) is 0 Å². The first-order chi connectivity index (χ1) is 14.5. The number of aryl methyl sites for hydroxylation is 2. The molecule has 0 radical (unpaired) electrons. The molecule has 1 aliphatic carbocycles. The summed E-state index contributed by atoms with van der Waals surface area (Å²) in [5.74, 6) is 0. The summed E-state index contributed by atoms with van der Waals surface area (Å²) in [6.45, 7) is 6.19. The molecule has 0 amide bonds. The molecule has 1 aromatic carbocycles. The molecule has 1 saturated heterocycles. The maximum Gasteiger partial charge on any atom is 0.253 e. The van der Waals surface area contributed by atoms with E-state index in [0.717, 1.165) is 53.1 Å². The Morgan fingerprint density at radius 2 is 1.97 bits per heavy atom. The van der Waals surface area contributed by atoms with Gasteiger partial charge in [0.15, 0.2) is 5.11 Å². The van der Waals surface area contributed by atoms with E-state index in [2.05, 4.69) is 35.1 Å². The molecule has 4 rings (SSSR count). The quantitative estimate of drug-likeness (QED) is 0.696. The second-order valence-corrected chi connectivity index (χ2v) is 9.35. The lowest BCUT2D eigenvalue weighted by Crippen LogP contribution is -2.47. The van der Waals surface area contributed by atoms with E-state index in [1.54, 1.807) is 0 Å². The maximum atomic E-state index is 12.9. The third-order valence-corrected chi connectivity index (χ3v) is 6.79. The number of hydrogen-bond acceptors (Lipinski definition) is 3. The van der Waals surface area contributed by atoms with E-state index in [1.807, 2.05) is 12.1 Å². The summed E-state index contributed by atoms with van der Waals surface area (Å²) in [5, 5.41) is 5.42. The number of pyridine rings is 1. The highest BCUT2D eigenvalue weighted by molar-refractivity contribution is 7.80. The van der Waals surface area contributed by atoms with Crippen LogP contribution in [0, 0.1) is 13.8 Å². The standard InChI is InChI=1S/C24H33N3O2S/c1-16-11-17(2)21-13-18(23(28)26-22(21)12-16)14-27(15-20-9-6-10-29-20)24(30)25-19-7-4-3-5-8-19/h11-13,19-20H,3-10,14-15H2,1-2H3,(H,25,30)(H,26,28). The van der Waals surface area contributed by atoms with Crippen LogP contribution in [0.25, 0.3) is 10.9 Å². The molecule has 2 aliphatic rings. The van der Waals surface area contributed by atoms with E-state index in [-0.39, 0.29) is 11.7 Å². The lowest BCUT2D eigenvalue weighted by atomic mass is 9.96. The molecule has 30 heavy (non-hydrogen) atoms. The van der Waals surface area contributed by atoms with Gasteiger partial charge in [-0.2, -0.15) is 0 Å². The van der Waals surface area contributed by atoms with E-state index >= 15 is 0 Å². The van der Waals surface area contributed by atoms with Crippen molar-refractivity contribution in [2.75, 3.05) is 13.2 Å². The molecule has 0 bridgehead atoms. The van der Waals surface area contributed by atoms with Gasteiger partial charge in [-0.25, -0.2) is 0 Å². The van der Waals surface area contributed by atoms with Crippen LogP contribution in [0.5, 0.6) is 0 Å². The van der Waals surface area contributed by atoms with Gasteiger partial charge in [0.1, 0.15) is 0 Å². The second kappa shape index (κ2) is 9.48. The number of thiocarbonyl (C=S) groups is 1. The minimum atomic E-state index is -0.0368. The third kappa shape index (κ3) is 5.03. The molecule has 2 fully saturated rings. The van der Waals surface area contributed by atoms with Gasteiger partial charge in [0.25, 0.3) is 5.56 Å². The van der Waals surface area contributed by atoms with Crippen molar-refractivity contribution < 1.29 is 4.74 Å². The first-order valence-electron chi connectivity index (χ1n) is 11.3. The molecule has 6 heteroatoms. The lowest BCUT2D eigenvalue weighted by molar-refractivity contribution is 0.0894. The summed E-state index contributed by atoms with van der Waals surface area (Å²) in [6.07, 6.45) is 8.50. The number of aromatic nitrogens is 1. The number of ether oxygens (including phenoxy) is 1. The highest BCUT2D eigenvalue weighted by Gasteiger charge is 2.24. The topological polar surface area (TPSA) is 57.4 Å². The van der Waals surface area contributed by atoms with Crippen LogP contribution in [0.1, 0.15) is 61.6 Å². The van der Waals surface area contributed by atoms with Gasteiger partial charge in [0.05, 0.1) is 12.6 Å². The molecule has 1 saturated carbocycles. The summed E-state index contributed by atoms with van der Waals surface area (Å²) in [7, 11) is 0. The van der Waals surface area contributed by atoms with E-state index < -0.39 is 0 Å². The minimum Gasteiger partial charge on any atom is -0.376 e. The normalized spacial score (nSPS) is 19.9. The summed E-state index contributed by atoms with van der Waals surface area (Å²) in [4.78, 5) is 18.1. The van der Waals surface area contributed by atoms with Crippen molar-refractivity contribution >= 4 is 28.2 Å². The van der Waals surface area contributed by atoms with E-state index in [0.29, 0.717) is 12.6 Å². The molecule has 1 aliphatic heterocycles. The summed E-state index contributed by atoms with van der Waals surface area (Å²) >= 11 is 5.82. The van der Waals surface area contributed by atoms with Gasteiger partial charge in [0.2, 0.25) is 0 Å². The first-order valence-corrected chi connectivity index (χ1v) is 11.7. The number of nitrogens with zero attached hydrogens (tertiary/aromatic N) is 1. The van der Waals surface area contributed by atoms with Crippen LogP contribution in [0.3, 0.4) is 0 Å². The fourth-order valence-corrected chi connectivity index (χ4v) is 5.11. The summed E-state index contributed by atoms with van der Waals surface area (Å²) in [5.41, 5.74) is 3.94. The van der Waals surface area contributed by atoms with Crippen molar-refractivity contribution in [1.82, 2.24) is 15.2 Å². The summed E-state index contributed by atoms with van der Waals surface area (Å²) < 4.78 is 5.88. The van der Waals surface area contributed by atoms with Crippen LogP contribution in [0.15, 0.2) is 23.0 Å². The minimum absolute atomic E-state index is 0.0368. The molecule has 1 atom stereocenters. The van der Waals surface area contributed by atoms with Crippen molar-refractivity contribution in [3.05, 3.63) is 45.2 Å². The molecule has 162 valence electrons. The maximum absolute atomic E-state index is 12.9. The average Bonchev–Trinajstić information content (AvgIpc) is 3.22. The van der Waals surface area contributed by atoms with Gasteiger partial charge in [0, 0.05) is 35.7 Å². The lowest BCUT2D eigenvalue weighted by Gasteiger charge is -2.32. The third-order valence-electron chi connectivity index (χ3n) is 6.42. The number of benzene rings is 1. The highest BCUT2D eigenvalue weighted by atomic mass is 32.1. The molecular weight excluding hydrogens is 394 g/mol. The zero-order valence-electron chi connectivity index (χ0n) is 18.1. The molecule has 1 aromatic heterocycles. The number of H-pyrrole nitrogens is 1.